The zero-order valence-corrected chi connectivity index (χ0v) is 17.2. The van der Waals surface area contributed by atoms with Crippen LogP contribution in [0.4, 0.5) is 11.4 Å². The molecule has 0 saturated heterocycles. The molecular formula is C25H19N3O4. The number of nitrogens with zero attached hydrogens (tertiary/aromatic N) is 1. The zero-order valence-electron chi connectivity index (χ0n) is 17.2. The summed E-state index contributed by atoms with van der Waals surface area (Å²) in [7, 11) is 0. The lowest BCUT2D eigenvalue weighted by atomic mass is 10.1. The lowest BCUT2D eigenvalue weighted by Crippen LogP contribution is -2.15. The van der Waals surface area contributed by atoms with Gasteiger partial charge >= 0.3 is 0 Å². The lowest BCUT2D eigenvalue weighted by molar-refractivity contribution is 0.101. The number of ether oxygens (including phenoxy) is 2. The van der Waals surface area contributed by atoms with Gasteiger partial charge in [0.2, 0.25) is 6.79 Å². The molecule has 0 bridgehead atoms. The zero-order chi connectivity index (χ0) is 22.1. The summed E-state index contributed by atoms with van der Waals surface area (Å²) < 4.78 is 10.6. The smallest absolute Gasteiger partial charge is 0.255 e. The summed E-state index contributed by atoms with van der Waals surface area (Å²) in [6.45, 7) is 2.04. The highest BCUT2D eigenvalue weighted by atomic mass is 16.7. The molecular weight excluding hydrogens is 406 g/mol. The van der Waals surface area contributed by atoms with Gasteiger partial charge in [0.05, 0.1) is 5.52 Å². The quantitative estimate of drug-likeness (QED) is 0.491. The van der Waals surface area contributed by atoms with Gasteiger partial charge < -0.3 is 20.1 Å². The van der Waals surface area contributed by atoms with Gasteiger partial charge in [-0.1, -0.05) is 12.1 Å². The number of hydrogen-bond acceptors (Lipinski definition) is 5. The number of rotatable bonds is 4. The molecule has 0 fully saturated rings. The minimum Gasteiger partial charge on any atom is -0.454 e. The number of anilines is 2. The van der Waals surface area contributed by atoms with Crippen molar-refractivity contribution in [3.8, 4) is 11.5 Å². The van der Waals surface area contributed by atoms with E-state index in [1.807, 2.05) is 31.2 Å². The Morgan fingerprint density at radius 3 is 2.53 bits per heavy atom. The number of carbonyl (C=O) groups excluding carboxylic acids is 2. The first kappa shape index (κ1) is 19.6. The molecule has 5 rings (SSSR count). The minimum absolute atomic E-state index is 0.148. The lowest BCUT2D eigenvalue weighted by Gasteiger charge is -2.12. The molecule has 3 aromatic carbocycles. The van der Waals surface area contributed by atoms with Gasteiger partial charge in [-0.15, -0.1) is 0 Å². The maximum Gasteiger partial charge on any atom is 0.255 e. The van der Waals surface area contributed by atoms with Gasteiger partial charge in [-0.25, -0.2) is 0 Å². The highest BCUT2D eigenvalue weighted by molar-refractivity contribution is 6.08. The van der Waals surface area contributed by atoms with Crippen molar-refractivity contribution in [2.24, 2.45) is 0 Å². The number of nitrogens with one attached hydrogen (secondary N) is 2. The van der Waals surface area contributed by atoms with Crippen LogP contribution in [0.15, 0.2) is 72.9 Å². The van der Waals surface area contributed by atoms with Crippen LogP contribution in [0.1, 0.15) is 26.3 Å². The number of fused-ring (bicyclic) bond motifs is 2. The monoisotopic (exact) mass is 425 g/mol. The average molecular weight is 425 g/mol. The maximum atomic E-state index is 12.8. The molecule has 0 aliphatic carbocycles. The summed E-state index contributed by atoms with van der Waals surface area (Å²) >= 11 is 0. The van der Waals surface area contributed by atoms with Gasteiger partial charge in [-0.05, 0) is 67.1 Å². The number of carbonyl (C=O) groups is 2. The van der Waals surface area contributed by atoms with Crippen LogP contribution < -0.4 is 20.1 Å². The third-order valence-corrected chi connectivity index (χ3v) is 5.24. The SMILES string of the molecule is Cc1ccc(NC(=O)c2ccc3c(c2)OCO3)cc1NC(=O)c1ccc2ncccc2c1. The number of benzene rings is 3. The van der Waals surface area contributed by atoms with E-state index < -0.39 is 0 Å². The highest BCUT2D eigenvalue weighted by Gasteiger charge is 2.17. The van der Waals surface area contributed by atoms with Crippen LogP contribution in [0, 0.1) is 6.92 Å². The fraction of sp³-hybridized carbons (Fsp3) is 0.0800. The molecule has 158 valence electrons. The Balaban J connectivity index is 1.34. The Bertz CT molecular complexity index is 1370. The van der Waals surface area contributed by atoms with Crippen molar-refractivity contribution in [1.82, 2.24) is 4.98 Å². The molecule has 7 heteroatoms. The molecule has 32 heavy (non-hydrogen) atoms. The summed E-state index contributed by atoms with van der Waals surface area (Å²) in [5.74, 6) is 0.635. The van der Waals surface area contributed by atoms with Crippen molar-refractivity contribution in [2.45, 2.75) is 6.92 Å². The maximum absolute atomic E-state index is 12.8. The summed E-state index contributed by atoms with van der Waals surface area (Å²) in [4.78, 5) is 29.8. The van der Waals surface area contributed by atoms with Crippen molar-refractivity contribution < 1.29 is 19.1 Å². The first-order chi connectivity index (χ1) is 15.6. The van der Waals surface area contributed by atoms with Crippen LogP contribution in [0.3, 0.4) is 0 Å². The Kier molecular flexibility index (Phi) is 4.91. The third kappa shape index (κ3) is 3.83. The van der Waals surface area contributed by atoms with E-state index in [9.17, 15) is 9.59 Å². The van der Waals surface area contributed by atoms with Crippen molar-refractivity contribution >= 4 is 34.1 Å². The topological polar surface area (TPSA) is 89.5 Å². The predicted molar refractivity (Wildman–Crippen MR) is 121 cm³/mol. The molecule has 0 saturated carbocycles. The first-order valence-corrected chi connectivity index (χ1v) is 10.0. The molecule has 7 nitrogen and oxygen atoms in total. The Morgan fingerprint density at radius 2 is 1.62 bits per heavy atom. The van der Waals surface area contributed by atoms with Crippen LogP contribution in [-0.2, 0) is 0 Å². The minimum atomic E-state index is -0.286. The van der Waals surface area contributed by atoms with Crippen molar-refractivity contribution in [3.05, 3.63) is 89.6 Å². The standard InChI is InChI=1S/C25H19N3O4/c1-15-4-7-19(27-24(29)18-6-9-22-23(12-18)32-14-31-22)13-21(15)28-25(30)17-5-8-20-16(11-17)3-2-10-26-20/h2-13H,14H2,1H3,(H,27,29)(H,28,30). The van der Waals surface area contributed by atoms with Gasteiger partial charge in [0, 0.05) is 34.1 Å². The number of amides is 2. The average Bonchev–Trinajstić information content (AvgIpc) is 3.29. The van der Waals surface area contributed by atoms with Crippen molar-refractivity contribution in [2.75, 3.05) is 17.4 Å². The molecule has 2 amide bonds. The summed E-state index contributed by atoms with van der Waals surface area (Å²) in [5, 5.41) is 6.68. The van der Waals surface area contributed by atoms with E-state index in [0.717, 1.165) is 16.5 Å². The molecule has 1 aliphatic rings. The Labute approximate surface area is 184 Å². The molecule has 2 heterocycles. The number of hydrogen-bond donors (Lipinski definition) is 2. The molecule has 1 aliphatic heterocycles. The molecule has 1 aromatic heterocycles. The van der Waals surface area contributed by atoms with Crippen LogP contribution in [0.5, 0.6) is 11.5 Å². The number of aromatic nitrogens is 1. The van der Waals surface area contributed by atoms with Gasteiger partial charge in [-0.2, -0.15) is 0 Å². The first-order valence-electron chi connectivity index (χ1n) is 10.0. The van der Waals surface area contributed by atoms with E-state index in [2.05, 4.69) is 15.6 Å². The van der Waals surface area contributed by atoms with Crippen molar-refractivity contribution in [3.63, 3.8) is 0 Å². The second-order valence-corrected chi connectivity index (χ2v) is 7.42. The van der Waals surface area contributed by atoms with E-state index in [1.54, 1.807) is 48.7 Å². The Hall–Kier alpha value is -4.39. The van der Waals surface area contributed by atoms with Crippen LogP contribution in [-0.4, -0.2) is 23.6 Å². The summed E-state index contributed by atoms with van der Waals surface area (Å²) in [6, 6.07) is 19.5. The molecule has 0 atom stereocenters. The van der Waals surface area contributed by atoms with Gasteiger partial charge in [0.25, 0.3) is 11.8 Å². The number of aryl methyl sites for hydroxylation is 1. The van der Waals surface area contributed by atoms with E-state index in [4.69, 9.17) is 9.47 Å². The van der Waals surface area contributed by atoms with E-state index in [0.29, 0.717) is 34.0 Å². The van der Waals surface area contributed by atoms with E-state index in [-0.39, 0.29) is 18.6 Å². The molecule has 4 aromatic rings. The third-order valence-electron chi connectivity index (χ3n) is 5.24. The Morgan fingerprint density at radius 1 is 0.844 bits per heavy atom. The van der Waals surface area contributed by atoms with Crippen LogP contribution >= 0.6 is 0 Å². The summed E-state index contributed by atoms with van der Waals surface area (Å²) in [5.41, 5.74) is 3.86. The van der Waals surface area contributed by atoms with Gasteiger partial charge in [-0.3, -0.25) is 14.6 Å². The normalized spacial score (nSPS) is 11.9. The molecule has 0 spiro atoms. The second kappa shape index (κ2) is 8.03. The fourth-order valence-corrected chi connectivity index (χ4v) is 3.49. The molecule has 2 N–H and O–H groups in total. The van der Waals surface area contributed by atoms with E-state index >= 15 is 0 Å². The second-order valence-electron chi connectivity index (χ2n) is 7.42. The van der Waals surface area contributed by atoms with Gasteiger partial charge in [0.1, 0.15) is 0 Å². The van der Waals surface area contributed by atoms with E-state index in [1.165, 1.54) is 0 Å². The fourth-order valence-electron chi connectivity index (χ4n) is 3.49. The highest BCUT2D eigenvalue weighted by Crippen LogP contribution is 2.32. The van der Waals surface area contributed by atoms with Crippen LogP contribution in [0.2, 0.25) is 0 Å². The largest absolute Gasteiger partial charge is 0.454 e. The van der Waals surface area contributed by atoms with Crippen LogP contribution in [0.25, 0.3) is 10.9 Å². The van der Waals surface area contributed by atoms with Gasteiger partial charge in [0.15, 0.2) is 11.5 Å². The van der Waals surface area contributed by atoms with Crippen molar-refractivity contribution in [1.29, 1.82) is 0 Å². The molecule has 0 radical (unpaired) electrons. The number of pyridine rings is 1. The molecule has 0 unspecified atom stereocenters. The summed E-state index contributed by atoms with van der Waals surface area (Å²) in [6.07, 6.45) is 1.72. The predicted octanol–water partition coefficient (Wildman–Crippen LogP) is 4.78.